The van der Waals surface area contributed by atoms with Crippen LogP contribution in [0.1, 0.15) is 0 Å². The second-order valence-electron chi connectivity index (χ2n) is 4.41. The van der Waals surface area contributed by atoms with Crippen LogP contribution in [-0.4, -0.2) is 43.7 Å². The zero-order chi connectivity index (χ0) is 14.1. The molecule has 1 aromatic heterocycles. The number of fused-ring (bicyclic) bond motifs is 1. The van der Waals surface area contributed by atoms with Gasteiger partial charge in [-0.15, -0.1) is 0 Å². The van der Waals surface area contributed by atoms with E-state index in [2.05, 4.69) is 0 Å². The fourth-order valence-corrected chi connectivity index (χ4v) is 4.30. The second kappa shape index (κ2) is 5.14. The molecule has 0 saturated carbocycles. The molecule has 2 heterocycles. The minimum absolute atomic E-state index is 0.0594. The van der Waals surface area contributed by atoms with Gasteiger partial charge in [-0.2, -0.15) is 0 Å². The van der Waals surface area contributed by atoms with Crippen LogP contribution in [-0.2, 0) is 4.74 Å². The standard InChI is InChI=1S/C13H10N4O2Se/c14-5-9-7-16(8-10(6-15)19-9)17-13(18)11-3-1-2-4-12(11)20-17/h1-4,9-10H,7-8H2. The summed E-state index contributed by atoms with van der Waals surface area (Å²) in [7, 11) is 0. The molecule has 1 saturated heterocycles. The molecule has 2 aromatic rings. The van der Waals surface area contributed by atoms with Gasteiger partial charge in [-0.25, -0.2) is 0 Å². The van der Waals surface area contributed by atoms with Crippen molar-refractivity contribution < 1.29 is 4.74 Å². The van der Waals surface area contributed by atoms with Gasteiger partial charge in [0, 0.05) is 0 Å². The SMILES string of the molecule is N#CC1CN(n2[se]c3ccccc3c2=O)CC(C#N)O1. The topological polar surface area (TPSA) is 82.0 Å². The number of hydrogen-bond donors (Lipinski definition) is 0. The molecule has 0 aliphatic carbocycles. The Kier molecular flexibility index (Phi) is 3.33. The molecule has 0 radical (unpaired) electrons. The molecule has 0 bridgehead atoms. The Morgan fingerprint density at radius 2 is 1.85 bits per heavy atom. The Morgan fingerprint density at radius 1 is 1.20 bits per heavy atom. The van der Waals surface area contributed by atoms with Gasteiger partial charge in [0.15, 0.2) is 0 Å². The Hall–Kier alpha value is -2.05. The monoisotopic (exact) mass is 334 g/mol. The predicted molar refractivity (Wildman–Crippen MR) is 73.0 cm³/mol. The van der Waals surface area contributed by atoms with Crippen LogP contribution in [0.2, 0.25) is 0 Å². The maximum absolute atomic E-state index is 12.4. The van der Waals surface area contributed by atoms with Crippen LogP contribution in [0.15, 0.2) is 29.1 Å². The summed E-state index contributed by atoms with van der Waals surface area (Å²) in [6.45, 7) is 0.631. The third kappa shape index (κ3) is 2.13. The molecule has 6 nitrogen and oxygen atoms in total. The van der Waals surface area contributed by atoms with Crippen LogP contribution in [0, 0.1) is 22.7 Å². The summed E-state index contributed by atoms with van der Waals surface area (Å²) in [4.78, 5) is 12.4. The average molecular weight is 333 g/mol. The number of benzene rings is 1. The van der Waals surface area contributed by atoms with Gasteiger partial charge in [-0.1, -0.05) is 0 Å². The van der Waals surface area contributed by atoms with Crippen LogP contribution in [0.5, 0.6) is 0 Å². The van der Waals surface area contributed by atoms with E-state index in [1.807, 2.05) is 36.4 Å². The van der Waals surface area contributed by atoms with E-state index in [4.69, 9.17) is 15.3 Å². The van der Waals surface area contributed by atoms with Gasteiger partial charge in [0.2, 0.25) is 0 Å². The zero-order valence-corrected chi connectivity index (χ0v) is 12.1. The maximum atomic E-state index is 12.4. The fourth-order valence-electron chi connectivity index (χ4n) is 2.18. The predicted octanol–water partition coefficient (Wildman–Crippen LogP) is -0.189. The summed E-state index contributed by atoms with van der Waals surface area (Å²) in [5, 5.41) is 20.5. The molecular formula is C13H10N4O2Se. The number of nitrogens with zero attached hydrogens (tertiary/aromatic N) is 4. The third-order valence-corrected chi connectivity index (χ3v) is 5.46. The van der Waals surface area contributed by atoms with Crippen LogP contribution in [0.3, 0.4) is 0 Å². The number of rotatable bonds is 1. The Bertz CT molecular complexity index is 760. The van der Waals surface area contributed by atoms with Crippen LogP contribution < -0.4 is 10.6 Å². The van der Waals surface area contributed by atoms with Gasteiger partial charge >= 0.3 is 120 Å². The van der Waals surface area contributed by atoms with E-state index in [9.17, 15) is 4.79 Å². The van der Waals surface area contributed by atoms with Crippen molar-refractivity contribution in [3.8, 4) is 12.1 Å². The molecule has 0 amide bonds. The number of nitriles is 2. The number of morpholine rings is 1. The van der Waals surface area contributed by atoms with E-state index in [0.29, 0.717) is 18.5 Å². The van der Waals surface area contributed by atoms with E-state index in [1.54, 1.807) is 8.68 Å². The first-order valence-electron chi connectivity index (χ1n) is 6.04. The minimum atomic E-state index is -0.680. The van der Waals surface area contributed by atoms with E-state index < -0.39 is 12.2 Å². The molecule has 2 atom stereocenters. The van der Waals surface area contributed by atoms with Gasteiger partial charge in [-0.3, -0.25) is 0 Å². The number of ether oxygens (including phenoxy) is 1. The van der Waals surface area contributed by atoms with Crippen LogP contribution >= 0.6 is 0 Å². The summed E-state index contributed by atoms with van der Waals surface area (Å²) < 4.78 is 7.98. The van der Waals surface area contributed by atoms with E-state index in [0.717, 1.165) is 4.26 Å². The Balaban J connectivity index is 2.02. The summed E-state index contributed by atoms with van der Waals surface area (Å²) in [5.41, 5.74) is -0.0594. The molecule has 2 unspecified atom stereocenters. The fraction of sp³-hybridized carbons (Fsp3) is 0.308. The summed E-state index contributed by atoms with van der Waals surface area (Å²) in [5.74, 6) is 0. The Labute approximate surface area is 120 Å². The molecule has 1 aliphatic rings. The number of hydrogen-bond acceptors (Lipinski definition) is 5. The van der Waals surface area contributed by atoms with Crippen molar-refractivity contribution in [3.05, 3.63) is 34.6 Å². The van der Waals surface area contributed by atoms with Crippen molar-refractivity contribution >= 4 is 24.4 Å². The molecule has 0 N–H and O–H groups in total. The van der Waals surface area contributed by atoms with Gasteiger partial charge in [0.25, 0.3) is 0 Å². The second-order valence-corrected chi connectivity index (χ2v) is 6.44. The van der Waals surface area contributed by atoms with Crippen molar-refractivity contribution in [1.82, 2.24) is 3.67 Å². The molecule has 1 aromatic carbocycles. The molecule has 100 valence electrons. The van der Waals surface area contributed by atoms with E-state index in [-0.39, 0.29) is 20.3 Å². The van der Waals surface area contributed by atoms with E-state index >= 15 is 0 Å². The first-order chi connectivity index (χ1) is 9.72. The van der Waals surface area contributed by atoms with Crippen molar-refractivity contribution in [2.24, 2.45) is 0 Å². The quantitative estimate of drug-likeness (QED) is 0.676. The van der Waals surface area contributed by atoms with Gasteiger partial charge < -0.3 is 0 Å². The Morgan fingerprint density at radius 3 is 2.45 bits per heavy atom. The van der Waals surface area contributed by atoms with Crippen molar-refractivity contribution in [2.45, 2.75) is 12.2 Å². The molecule has 20 heavy (non-hydrogen) atoms. The zero-order valence-electron chi connectivity index (χ0n) is 10.4. The van der Waals surface area contributed by atoms with Crippen LogP contribution in [0.25, 0.3) is 9.65 Å². The van der Waals surface area contributed by atoms with Crippen molar-refractivity contribution in [1.29, 1.82) is 10.5 Å². The van der Waals surface area contributed by atoms with Crippen molar-refractivity contribution in [3.63, 3.8) is 0 Å². The molecule has 1 aliphatic heterocycles. The first kappa shape index (κ1) is 13.0. The average Bonchev–Trinajstić information content (AvgIpc) is 2.84. The summed E-state index contributed by atoms with van der Waals surface area (Å²) >= 11 is -0.148. The van der Waals surface area contributed by atoms with E-state index in [1.165, 1.54) is 0 Å². The normalized spacial score (nSPS) is 22.4. The van der Waals surface area contributed by atoms with Crippen LogP contribution in [0.4, 0.5) is 0 Å². The molecule has 3 rings (SSSR count). The first-order valence-corrected chi connectivity index (χ1v) is 7.66. The van der Waals surface area contributed by atoms with Crippen molar-refractivity contribution in [2.75, 3.05) is 18.1 Å². The molecule has 7 heteroatoms. The summed E-state index contributed by atoms with van der Waals surface area (Å²) in [6.07, 6.45) is -1.36. The van der Waals surface area contributed by atoms with Gasteiger partial charge in [-0.05, 0) is 0 Å². The van der Waals surface area contributed by atoms with Gasteiger partial charge in [0.1, 0.15) is 0 Å². The summed E-state index contributed by atoms with van der Waals surface area (Å²) in [6, 6.07) is 11.5. The molecular weight excluding hydrogens is 323 g/mol. The molecule has 1 fully saturated rings. The third-order valence-electron chi connectivity index (χ3n) is 3.10. The molecule has 0 spiro atoms. The van der Waals surface area contributed by atoms with Gasteiger partial charge in [0.05, 0.1) is 0 Å². The number of aromatic nitrogens is 1.